The minimum atomic E-state index is 1.10. The molecule has 342 valence electrons. The van der Waals surface area contributed by atoms with Crippen LogP contribution in [0.15, 0.2) is 255 Å². The fraction of sp³-hybridized carbons (Fsp3) is 0.0435. The summed E-state index contributed by atoms with van der Waals surface area (Å²) in [6.07, 6.45) is 0. The zero-order valence-electron chi connectivity index (χ0n) is 40.6. The molecule has 0 aliphatic carbocycles. The van der Waals surface area contributed by atoms with Gasteiger partial charge in [0.15, 0.2) is 0 Å². The number of benzene rings is 11. The van der Waals surface area contributed by atoms with E-state index >= 15 is 0 Å². The lowest BCUT2D eigenvalue weighted by atomic mass is 9.98. The highest BCUT2D eigenvalue weighted by molar-refractivity contribution is 6.28. The highest BCUT2D eigenvalue weighted by atomic mass is 15.2. The molecule has 11 aromatic carbocycles. The van der Waals surface area contributed by atoms with Crippen LogP contribution in [0.4, 0.5) is 34.1 Å². The van der Waals surface area contributed by atoms with Crippen molar-refractivity contribution in [3.05, 3.63) is 271 Å². The molecule has 2 heterocycles. The van der Waals surface area contributed by atoms with Crippen molar-refractivity contribution in [3.63, 3.8) is 0 Å². The molecular weight excluding hydrogens is 871 g/mol. The molecule has 0 atom stereocenters. The Bertz CT molecular complexity index is 4030. The Morgan fingerprint density at radius 3 is 1.04 bits per heavy atom. The lowest BCUT2D eigenvalue weighted by molar-refractivity contribution is 1.23. The summed E-state index contributed by atoms with van der Waals surface area (Å²) >= 11 is 0. The van der Waals surface area contributed by atoms with Crippen molar-refractivity contribution < 1.29 is 0 Å². The summed E-state index contributed by atoms with van der Waals surface area (Å²) < 4.78 is 2.53. The van der Waals surface area contributed by atoms with Crippen LogP contribution in [-0.2, 0) is 0 Å². The lowest BCUT2D eigenvalue weighted by Crippen LogP contribution is -2.13. The van der Waals surface area contributed by atoms with Crippen molar-refractivity contribution in [1.29, 1.82) is 0 Å². The van der Waals surface area contributed by atoms with Crippen molar-refractivity contribution in [3.8, 4) is 44.5 Å². The maximum absolute atomic E-state index is 2.53. The number of aryl methyl sites for hydroxylation is 3. The fourth-order valence-electron chi connectivity index (χ4n) is 11.1. The largest absolute Gasteiger partial charge is 0.309 e. The molecule has 72 heavy (non-hydrogen) atoms. The van der Waals surface area contributed by atoms with E-state index in [-0.39, 0.29) is 0 Å². The Balaban J connectivity index is 1.07. The van der Waals surface area contributed by atoms with Crippen LogP contribution < -0.4 is 9.80 Å². The molecule has 0 aliphatic heterocycles. The maximum Gasteiger partial charge on any atom is 0.0622 e. The number of fused-ring (bicyclic) bond motifs is 6. The molecule has 0 amide bonds. The summed E-state index contributed by atoms with van der Waals surface area (Å²) in [6, 6.07) is 93.4. The van der Waals surface area contributed by atoms with Gasteiger partial charge in [0.1, 0.15) is 0 Å². The van der Waals surface area contributed by atoms with Gasteiger partial charge in [-0.2, -0.15) is 0 Å². The number of anilines is 6. The molecule has 3 heteroatoms. The zero-order valence-corrected chi connectivity index (χ0v) is 40.6. The molecular formula is C69H51N3. The quantitative estimate of drug-likeness (QED) is 0.135. The van der Waals surface area contributed by atoms with E-state index in [9.17, 15) is 0 Å². The van der Waals surface area contributed by atoms with Gasteiger partial charge in [-0.15, -0.1) is 0 Å². The van der Waals surface area contributed by atoms with E-state index in [2.05, 4.69) is 290 Å². The van der Waals surface area contributed by atoms with Crippen LogP contribution in [0.5, 0.6) is 0 Å². The molecule has 0 radical (unpaired) electrons. The third-order valence-corrected chi connectivity index (χ3v) is 14.7. The predicted molar refractivity (Wildman–Crippen MR) is 306 cm³/mol. The molecule has 0 aliphatic rings. The van der Waals surface area contributed by atoms with E-state index in [0.717, 1.165) is 34.1 Å². The van der Waals surface area contributed by atoms with Gasteiger partial charge in [0, 0.05) is 44.3 Å². The van der Waals surface area contributed by atoms with Gasteiger partial charge in [-0.05, 0) is 137 Å². The molecule has 0 unspecified atom stereocenters. The van der Waals surface area contributed by atoms with Gasteiger partial charge in [0.2, 0.25) is 0 Å². The summed E-state index contributed by atoms with van der Waals surface area (Å²) in [4.78, 5) is 5.03. The number of rotatable bonds is 10. The van der Waals surface area contributed by atoms with Gasteiger partial charge >= 0.3 is 0 Å². The minimum Gasteiger partial charge on any atom is -0.309 e. The Hall–Kier alpha value is -9.18. The monoisotopic (exact) mass is 921 g/mol. The van der Waals surface area contributed by atoms with Crippen molar-refractivity contribution in [2.45, 2.75) is 20.8 Å². The zero-order chi connectivity index (χ0) is 48.3. The minimum absolute atomic E-state index is 1.10. The third kappa shape index (κ3) is 7.20. The summed E-state index contributed by atoms with van der Waals surface area (Å²) in [6.45, 7) is 6.73. The van der Waals surface area contributed by atoms with E-state index < -0.39 is 0 Å². The Labute approximate surface area is 421 Å². The molecule has 2 aromatic heterocycles. The first-order valence-corrected chi connectivity index (χ1v) is 24.9. The Morgan fingerprint density at radius 1 is 0.264 bits per heavy atom. The van der Waals surface area contributed by atoms with Crippen molar-refractivity contribution in [1.82, 2.24) is 4.40 Å². The fourth-order valence-corrected chi connectivity index (χ4v) is 11.1. The van der Waals surface area contributed by atoms with E-state index in [1.54, 1.807) is 0 Å². The van der Waals surface area contributed by atoms with Gasteiger partial charge in [-0.1, -0.05) is 200 Å². The van der Waals surface area contributed by atoms with Gasteiger partial charge in [0.25, 0.3) is 0 Å². The summed E-state index contributed by atoms with van der Waals surface area (Å²) in [7, 11) is 0. The number of para-hydroxylation sites is 1. The molecule has 0 N–H and O–H groups in total. The first-order chi connectivity index (χ1) is 35.5. The molecule has 0 bridgehead atoms. The molecule has 13 rings (SSSR count). The second-order valence-corrected chi connectivity index (χ2v) is 19.1. The average molecular weight is 922 g/mol. The maximum atomic E-state index is 2.53. The van der Waals surface area contributed by atoms with Crippen LogP contribution in [0, 0.1) is 20.8 Å². The molecule has 3 nitrogen and oxygen atoms in total. The molecule has 0 saturated heterocycles. The normalized spacial score (nSPS) is 11.5. The van der Waals surface area contributed by atoms with Crippen LogP contribution >= 0.6 is 0 Å². The molecule has 0 saturated carbocycles. The second kappa shape index (κ2) is 17.7. The van der Waals surface area contributed by atoms with E-state index in [0.29, 0.717) is 0 Å². The second-order valence-electron chi connectivity index (χ2n) is 19.1. The number of hydrogen-bond acceptors (Lipinski definition) is 2. The van der Waals surface area contributed by atoms with Crippen LogP contribution in [-0.4, -0.2) is 4.40 Å². The standard InChI is InChI=1S/C69H51N3/c1-46-36-39-54(50-22-10-5-11-23-50)43-64(46)70(57-29-16-28-53(42-57)49-20-8-4-9-21-49)60-32-18-34-62-67(60)58-30-17-31-59-68-61(33-19-35-63(68)72(62)69(58)59)71(65-44-55(40-37-47(65)2)51-24-12-6-13-25-51)66-45-56(41-38-48(66)3)52-26-14-7-15-27-52/h4-45H,1-3H3. The predicted octanol–water partition coefficient (Wildman–Crippen LogP) is 19.4. The molecule has 0 spiro atoms. The Kier molecular flexibility index (Phi) is 10.5. The third-order valence-electron chi connectivity index (χ3n) is 14.7. The highest BCUT2D eigenvalue weighted by Crippen LogP contribution is 2.51. The number of aromatic nitrogens is 1. The van der Waals surface area contributed by atoms with Crippen molar-refractivity contribution >= 4 is 72.2 Å². The smallest absolute Gasteiger partial charge is 0.0622 e. The molecule has 0 fully saturated rings. The highest BCUT2D eigenvalue weighted by Gasteiger charge is 2.28. The van der Waals surface area contributed by atoms with E-state index in [4.69, 9.17) is 0 Å². The van der Waals surface area contributed by atoms with E-state index in [1.807, 2.05) is 0 Å². The molecule has 13 aromatic rings. The van der Waals surface area contributed by atoms with Crippen molar-refractivity contribution in [2.75, 3.05) is 9.80 Å². The summed E-state index contributed by atoms with van der Waals surface area (Å²) in [5.41, 5.74) is 23.5. The SMILES string of the molecule is Cc1ccc(-c2ccccc2)cc1N(c1cccc(-c2ccccc2)c1)c1cccc2c1c1cccc3c4c(N(c5cc(-c6ccccc6)ccc5C)c5cc(-c6ccccc6)ccc5C)cccc4n2c13. The first-order valence-electron chi connectivity index (χ1n) is 24.9. The first kappa shape index (κ1) is 42.9. The van der Waals surface area contributed by atoms with Gasteiger partial charge in [0.05, 0.1) is 27.9 Å². The number of hydrogen-bond donors (Lipinski definition) is 0. The van der Waals surface area contributed by atoms with Gasteiger partial charge in [-0.3, -0.25) is 0 Å². The van der Waals surface area contributed by atoms with E-state index in [1.165, 1.54) is 99.3 Å². The van der Waals surface area contributed by atoms with Crippen LogP contribution in [0.25, 0.3) is 82.6 Å². The summed E-state index contributed by atoms with van der Waals surface area (Å²) in [5, 5.41) is 4.88. The van der Waals surface area contributed by atoms with Crippen LogP contribution in [0.1, 0.15) is 16.7 Å². The van der Waals surface area contributed by atoms with Crippen molar-refractivity contribution in [2.24, 2.45) is 0 Å². The van der Waals surface area contributed by atoms with Gasteiger partial charge in [-0.25, -0.2) is 0 Å². The van der Waals surface area contributed by atoms with Crippen LogP contribution in [0.2, 0.25) is 0 Å². The lowest BCUT2D eigenvalue weighted by Gasteiger charge is -2.30. The van der Waals surface area contributed by atoms with Gasteiger partial charge < -0.3 is 14.2 Å². The average Bonchev–Trinajstić information content (AvgIpc) is 3.97. The summed E-state index contributed by atoms with van der Waals surface area (Å²) in [5.74, 6) is 0. The van der Waals surface area contributed by atoms with Crippen LogP contribution in [0.3, 0.4) is 0 Å². The topological polar surface area (TPSA) is 10.9 Å². The number of nitrogens with zero attached hydrogens (tertiary/aromatic N) is 3. The Morgan fingerprint density at radius 2 is 0.611 bits per heavy atom.